The molecule has 2 fully saturated rings. The molecule has 2 N–H and O–H groups in total. The van der Waals surface area contributed by atoms with Crippen LogP contribution in [0.2, 0.25) is 0 Å². The van der Waals surface area contributed by atoms with E-state index in [1.165, 1.54) is 6.07 Å². The van der Waals surface area contributed by atoms with Crippen molar-refractivity contribution >= 4 is 16.7 Å². The average molecular weight is 440 g/mol. The molecule has 5 rings (SSSR count). The lowest BCUT2D eigenvalue weighted by atomic mass is 10.0. The molecule has 3 atom stereocenters. The van der Waals surface area contributed by atoms with Crippen molar-refractivity contribution in [2.45, 2.75) is 39.3 Å². The fraction of sp³-hybridized carbons (Fsp3) is 0.500. The number of aromatic hydroxyl groups is 1. The summed E-state index contributed by atoms with van der Waals surface area (Å²) in [6.07, 6.45) is 1.13. The minimum atomic E-state index is -0.495. The number of ether oxygens (including phenoxy) is 1. The van der Waals surface area contributed by atoms with Crippen LogP contribution in [0.5, 0.6) is 5.75 Å². The SMILES string of the molecule is Cc1[nH]nc2nc(-c3ccc(O)cc3F)c(N3C[C@@H](C)N(CC4CCOC4)C[C@@H]3C)cc12. The van der Waals surface area contributed by atoms with Crippen molar-refractivity contribution in [1.82, 2.24) is 20.1 Å². The zero-order valence-electron chi connectivity index (χ0n) is 18.8. The number of hydrogen-bond acceptors (Lipinski definition) is 6. The lowest BCUT2D eigenvalue weighted by Gasteiger charge is -2.46. The number of H-pyrrole nitrogens is 1. The summed E-state index contributed by atoms with van der Waals surface area (Å²) < 4.78 is 20.5. The number of aryl methyl sites for hydroxylation is 1. The van der Waals surface area contributed by atoms with Gasteiger partial charge in [0.2, 0.25) is 0 Å². The van der Waals surface area contributed by atoms with E-state index in [4.69, 9.17) is 9.72 Å². The van der Waals surface area contributed by atoms with E-state index in [-0.39, 0.29) is 11.8 Å². The number of hydrogen-bond donors (Lipinski definition) is 2. The molecule has 0 spiro atoms. The molecule has 1 unspecified atom stereocenters. The van der Waals surface area contributed by atoms with Gasteiger partial charge in [-0.25, -0.2) is 9.37 Å². The van der Waals surface area contributed by atoms with Gasteiger partial charge in [0.25, 0.3) is 0 Å². The Balaban J connectivity index is 1.53. The smallest absolute Gasteiger partial charge is 0.181 e. The van der Waals surface area contributed by atoms with Crippen molar-refractivity contribution < 1.29 is 14.2 Å². The topological polar surface area (TPSA) is 77.5 Å². The molecule has 0 bridgehead atoms. The van der Waals surface area contributed by atoms with Crippen molar-refractivity contribution in [2.24, 2.45) is 5.92 Å². The van der Waals surface area contributed by atoms with E-state index < -0.39 is 5.82 Å². The van der Waals surface area contributed by atoms with E-state index in [0.717, 1.165) is 62.1 Å². The predicted molar refractivity (Wildman–Crippen MR) is 122 cm³/mol. The first-order valence-corrected chi connectivity index (χ1v) is 11.3. The molecule has 2 aliphatic rings. The number of fused-ring (bicyclic) bond motifs is 1. The molecule has 2 aliphatic heterocycles. The second-order valence-corrected chi connectivity index (χ2v) is 9.27. The van der Waals surface area contributed by atoms with E-state index in [9.17, 15) is 9.50 Å². The van der Waals surface area contributed by atoms with Crippen LogP contribution in [0, 0.1) is 18.7 Å². The van der Waals surface area contributed by atoms with Crippen LogP contribution in [0.25, 0.3) is 22.3 Å². The number of aromatic nitrogens is 3. The van der Waals surface area contributed by atoms with Crippen molar-refractivity contribution in [3.8, 4) is 17.0 Å². The van der Waals surface area contributed by atoms with Gasteiger partial charge in [-0.3, -0.25) is 10.00 Å². The third kappa shape index (κ3) is 3.82. The lowest BCUT2D eigenvalue weighted by Crippen LogP contribution is -2.57. The number of pyridine rings is 1. The summed E-state index contributed by atoms with van der Waals surface area (Å²) >= 11 is 0. The largest absolute Gasteiger partial charge is 0.508 e. The Kier molecular flexibility index (Phi) is 5.51. The number of anilines is 1. The van der Waals surface area contributed by atoms with Gasteiger partial charge in [0.05, 0.1) is 18.0 Å². The number of piperazine rings is 1. The number of phenols is 1. The maximum atomic E-state index is 14.9. The average Bonchev–Trinajstić information content (AvgIpc) is 3.40. The Morgan fingerprint density at radius 1 is 1.22 bits per heavy atom. The first-order valence-electron chi connectivity index (χ1n) is 11.3. The van der Waals surface area contributed by atoms with Gasteiger partial charge in [-0.1, -0.05) is 0 Å². The Labute approximate surface area is 187 Å². The van der Waals surface area contributed by atoms with Gasteiger partial charge in [-0.2, -0.15) is 5.10 Å². The van der Waals surface area contributed by atoms with Gasteiger partial charge in [0, 0.05) is 61.0 Å². The second kappa shape index (κ2) is 8.33. The fourth-order valence-corrected chi connectivity index (χ4v) is 5.01. The number of nitrogens with zero attached hydrogens (tertiary/aromatic N) is 4. The molecule has 2 aromatic heterocycles. The van der Waals surface area contributed by atoms with Crippen LogP contribution in [0.15, 0.2) is 24.3 Å². The molecule has 0 aliphatic carbocycles. The number of benzene rings is 1. The van der Waals surface area contributed by atoms with Gasteiger partial charge in [0.15, 0.2) is 5.65 Å². The quantitative estimate of drug-likeness (QED) is 0.645. The molecule has 7 nitrogen and oxygen atoms in total. The minimum absolute atomic E-state index is 0.101. The highest BCUT2D eigenvalue weighted by Gasteiger charge is 2.33. The van der Waals surface area contributed by atoms with Crippen LogP contribution >= 0.6 is 0 Å². The Morgan fingerprint density at radius 2 is 2.06 bits per heavy atom. The standard InChI is InChI=1S/C24H30FN5O2/c1-14-11-30(15(2)10-29(14)12-17-6-7-32-13-17)22-9-20-16(3)27-28-24(20)26-23(22)19-5-4-18(31)8-21(19)25/h4-5,8-9,14-15,17,31H,6-7,10-13H2,1-3H3,(H,26,27,28)/t14-,15+,17?/m1/s1. The van der Waals surface area contributed by atoms with E-state index >= 15 is 0 Å². The van der Waals surface area contributed by atoms with Gasteiger partial charge in [-0.05, 0) is 51.3 Å². The lowest BCUT2D eigenvalue weighted by molar-refractivity contribution is 0.126. The molecule has 2 saturated heterocycles. The zero-order valence-corrected chi connectivity index (χ0v) is 18.8. The summed E-state index contributed by atoms with van der Waals surface area (Å²) in [6, 6.07) is 6.88. The molecule has 0 saturated carbocycles. The summed E-state index contributed by atoms with van der Waals surface area (Å²) in [7, 11) is 0. The van der Waals surface area contributed by atoms with Crippen LogP contribution < -0.4 is 4.90 Å². The monoisotopic (exact) mass is 439 g/mol. The highest BCUT2D eigenvalue weighted by molar-refractivity contribution is 5.89. The summed E-state index contributed by atoms with van der Waals surface area (Å²) in [5, 5.41) is 17.9. The second-order valence-electron chi connectivity index (χ2n) is 9.27. The first kappa shape index (κ1) is 21.2. The van der Waals surface area contributed by atoms with Gasteiger partial charge in [0.1, 0.15) is 11.6 Å². The molecule has 32 heavy (non-hydrogen) atoms. The Bertz CT molecular complexity index is 1130. The number of nitrogens with one attached hydrogen (secondary N) is 1. The van der Waals surface area contributed by atoms with Crippen LogP contribution in [-0.2, 0) is 4.74 Å². The molecular formula is C24H30FN5O2. The molecule has 3 aromatic rings. The van der Waals surface area contributed by atoms with Crippen LogP contribution in [0.3, 0.4) is 0 Å². The maximum absolute atomic E-state index is 14.9. The highest BCUT2D eigenvalue weighted by atomic mass is 19.1. The van der Waals surface area contributed by atoms with E-state index in [2.05, 4.69) is 39.9 Å². The third-order valence-electron chi connectivity index (χ3n) is 6.86. The summed E-state index contributed by atoms with van der Waals surface area (Å²) in [5.74, 6) is 0.00590. The number of halogens is 1. The third-order valence-corrected chi connectivity index (χ3v) is 6.86. The van der Waals surface area contributed by atoms with Crippen LogP contribution in [0.4, 0.5) is 10.1 Å². The van der Waals surface area contributed by atoms with Crippen molar-refractivity contribution in [2.75, 3.05) is 37.7 Å². The molecule has 170 valence electrons. The van der Waals surface area contributed by atoms with E-state index in [1.54, 1.807) is 6.07 Å². The van der Waals surface area contributed by atoms with Crippen molar-refractivity contribution in [3.05, 3.63) is 35.8 Å². The van der Waals surface area contributed by atoms with E-state index in [0.29, 0.717) is 28.9 Å². The van der Waals surface area contributed by atoms with E-state index in [1.807, 2.05) is 6.92 Å². The predicted octanol–water partition coefficient (Wildman–Crippen LogP) is 3.71. The Morgan fingerprint density at radius 3 is 2.81 bits per heavy atom. The first-order chi connectivity index (χ1) is 15.4. The summed E-state index contributed by atoms with van der Waals surface area (Å²) in [4.78, 5) is 9.65. The molecule has 0 amide bonds. The normalized spacial score (nSPS) is 24.5. The summed E-state index contributed by atoms with van der Waals surface area (Å²) in [5.41, 5.74) is 3.32. The molecule has 1 aromatic carbocycles. The molecule has 8 heteroatoms. The molecule has 4 heterocycles. The van der Waals surface area contributed by atoms with Crippen LogP contribution in [0.1, 0.15) is 26.0 Å². The molecule has 0 radical (unpaired) electrons. The maximum Gasteiger partial charge on any atom is 0.181 e. The molecular weight excluding hydrogens is 409 g/mol. The highest BCUT2D eigenvalue weighted by Crippen LogP contribution is 2.37. The fourth-order valence-electron chi connectivity index (χ4n) is 5.01. The van der Waals surface area contributed by atoms with Crippen LogP contribution in [-0.4, -0.2) is 70.1 Å². The zero-order chi connectivity index (χ0) is 22.4. The van der Waals surface area contributed by atoms with Crippen molar-refractivity contribution in [1.29, 1.82) is 0 Å². The summed E-state index contributed by atoms with van der Waals surface area (Å²) in [6.45, 7) is 11.0. The van der Waals surface area contributed by atoms with Gasteiger partial charge < -0.3 is 14.7 Å². The minimum Gasteiger partial charge on any atom is -0.508 e. The Hall–Kier alpha value is -2.71. The number of phenolic OH excluding ortho intramolecular Hbond substituents is 1. The number of aromatic amines is 1. The van der Waals surface area contributed by atoms with Gasteiger partial charge >= 0.3 is 0 Å². The van der Waals surface area contributed by atoms with Gasteiger partial charge in [-0.15, -0.1) is 0 Å². The number of rotatable bonds is 4. The van der Waals surface area contributed by atoms with Crippen molar-refractivity contribution in [3.63, 3.8) is 0 Å².